The van der Waals surface area contributed by atoms with Crippen molar-refractivity contribution in [2.24, 2.45) is 7.05 Å². The van der Waals surface area contributed by atoms with Gasteiger partial charge in [0.2, 0.25) is 9.84 Å². The summed E-state index contributed by atoms with van der Waals surface area (Å²) >= 11 is 0. The Morgan fingerprint density at radius 3 is 2.22 bits per heavy atom. The Morgan fingerprint density at radius 2 is 1.61 bits per heavy atom. The molecule has 3 aromatic rings. The van der Waals surface area contributed by atoms with Gasteiger partial charge in [-0.2, -0.15) is 13.2 Å². The van der Waals surface area contributed by atoms with Crippen LogP contribution in [0.25, 0.3) is 10.9 Å². The zero-order valence-corrected chi connectivity index (χ0v) is 12.8. The third-order valence-corrected chi connectivity index (χ3v) is 5.45. The van der Waals surface area contributed by atoms with E-state index in [0.717, 1.165) is 12.1 Å². The third-order valence-electron chi connectivity index (χ3n) is 3.65. The maximum atomic E-state index is 13.1. The van der Waals surface area contributed by atoms with E-state index in [-0.39, 0.29) is 20.7 Å². The van der Waals surface area contributed by atoms with Crippen molar-refractivity contribution in [3.05, 3.63) is 60.3 Å². The number of aromatic nitrogens is 1. The normalized spacial score (nSPS) is 12.7. The van der Waals surface area contributed by atoms with Gasteiger partial charge in [-0.15, -0.1) is 0 Å². The van der Waals surface area contributed by atoms with Crippen molar-refractivity contribution < 1.29 is 21.6 Å². The summed E-state index contributed by atoms with van der Waals surface area (Å²) < 4.78 is 66.3. The lowest BCUT2D eigenvalue weighted by Crippen LogP contribution is -2.09. The van der Waals surface area contributed by atoms with Gasteiger partial charge in [0.25, 0.3) is 0 Å². The van der Waals surface area contributed by atoms with Crippen LogP contribution in [-0.4, -0.2) is 13.0 Å². The van der Waals surface area contributed by atoms with Crippen LogP contribution >= 0.6 is 0 Å². The molecule has 0 spiro atoms. The van der Waals surface area contributed by atoms with Crippen LogP contribution in [0.4, 0.5) is 13.2 Å². The highest BCUT2D eigenvalue weighted by molar-refractivity contribution is 7.91. The van der Waals surface area contributed by atoms with Crippen molar-refractivity contribution in [2.75, 3.05) is 0 Å². The lowest BCUT2D eigenvalue weighted by atomic mass is 10.1. The molecule has 1 aromatic heterocycles. The first-order valence-corrected chi connectivity index (χ1v) is 8.16. The van der Waals surface area contributed by atoms with Crippen LogP contribution in [0.5, 0.6) is 0 Å². The maximum Gasteiger partial charge on any atom is 0.417 e. The molecule has 0 aliphatic rings. The van der Waals surface area contributed by atoms with Crippen LogP contribution < -0.4 is 0 Å². The topological polar surface area (TPSA) is 39.1 Å². The highest BCUT2D eigenvalue weighted by Crippen LogP contribution is 2.38. The summed E-state index contributed by atoms with van der Waals surface area (Å²) in [7, 11) is -2.39. The molecule has 0 bridgehead atoms. The highest BCUT2D eigenvalue weighted by Gasteiger charge is 2.35. The smallest absolute Gasteiger partial charge is 0.349 e. The molecule has 0 saturated heterocycles. The molecule has 7 heteroatoms. The molecule has 23 heavy (non-hydrogen) atoms. The zero-order chi connectivity index (χ0) is 16.8. The van der Waals surface area contributed by atoms with Crippen LogP contribution in [-0.2, 0) is 23.1 Å². The molecule has 0 aliphatic carbocycles. The lowest BCUT2D eigenvalue weighted by Gasteiger charge is -2.13. The molecule has 1 heterocycles. The van der Waals surface area contributed by atoms with E-state index < -0.39 is 21.6 Å². The van der Waals surface area contributed by atoms with E-state index in [1.165, 1.54) is 36.0 Å². The number of sulfone groups is 1. The summed E-state index contributed by atoms with van der Waals surface area (Å²) in [5.74, 6) is 0. The van der Waals surface area contributed by atoms with Crippen LogP contribution in [0.1, 0.15) is 5.56 Å². The Bertz CT molecular complexity index is 974. The van der Waals surface area contributed by atoms with Crippen LogP contribution in [0.15, 0.2) is 64.5 Å². The van der Waals surface area contributed by atoms with E-state index in [4.69, 9.17) is 0 Å². The minimum atomic E-state index is -4.55. The van der Waals surface area contributed by atoms with E-state index in [2.05, 4.69) is 0 Å². The van der Waals surface area contributed by atoms with Gasteiger partial charge < -0.3 is 4.57 Å². The van der Waals surface area contributed by atoms with Crippen molar-refractivity contribution in [1.29, 1.82) is 0 Å². The van der Waals surface area contributed by atoms with Crippen molar-refractivity contribution >= 4 is 20.7 Å². The molecule has 2 aromatic carbocycles. The number of benzene rings is 2. The van der Waals surface area contributed by atoms with E-state index in [1.807, 2.05) is 0 Å². The fraction of sp³-hybridized carbons (Fsp3) is 0.125. The van der Waals surface area contributed by atoms with Crippen LogP contribution in [0, 0.1) is 0 Å². The second-order valence-corrected chi connectivity index (χ2v) is 7.03. The largest absolute Gasteiger partial charge is 0.417 e. The molecule has 0 N–H and O–H groups in total. The molecule has 0 radical (unpaired) electrons. The fourth-order valence-corrected chi connectivity index (χ4v) is 4.10. The van der Waals surface area contributed by atoms with E-state index >= 15 is 0 Å². The quantitative estimate of drug-likeness (QED) is 0.707. The first kappa shape index (κ1) is 15.6. The summed E-state index contributed by atoms with van der Waals surface area (Å²) in [4.78, 5) is -0.0959. The van der Waals surface area contributed by atoms with Gasteiger partial charge in [-0.3, -0.25) is 0 Å². The van der Waals surface area contributed by atoms with E-state index in [1.54, 1.807) is 18.2 Å². The number of hydrogen-bond donors (Lipinski definition) is 0. The summed E-state index contributed by atoms with van der Waals surface area (Å²) in [5.41, 5.74) is -0.802. The number of nitrogens with zero attached hydrogens (tertiary/aromatic N) is 1. The number of rotatable bonds is 2. The number of fused-ring (bicyclic) bond motifs is 1. The summed E-state index contributed by atoms with van der Waals surface area (Å²) in [6, 6.07) is 10.8. The van der Waals surface area contributed by atoms with Gasteiger partial charge in [0.1, 0.15) is 0 Å². The van der Waals surface area contributed by atoms with Gasteiger partial charge in [0.15, 0.2) is 0 Å². The lowest BCUT2D eigenvalue weighted by molar-refractivity contribution is -0.136. The Morgan fingerprint density at radius 1 is 0.957 bits per heavy atom. The summed E-state index contributed by atoms with van der Waals surface area (Å²) in [6.07, 6.45) is -3.13. The molecular weight excluding hydrogens is 327 g/mol. The van der Waals surface area contributed by atoms with Crippen molar-refractivity contribution in [3.8, 4) is 0 Å². The number of hydrogen-bond acceptors (Lipinski definition) is 2. The van der Waals surface area contributed by atoms with Crippen molar-refractivity contribution in [2.45, 2.75) is 16.0 Å². The first-order valence-electron chi connectivity index (χ1n) is 6.68. The molecule has 0 aliphatic heterocycles. The molecule has 0 amide bonds. The van der Waals surface area contributed by atoms with Gasteiger partial charge in [0.05, 0.1) is 20.9 Å². The molecule has 120 valence electrons. The Balaban J connectivity index is 2.35. The predicted octanol–water partition coefficient (Wildman–Crippen LogP) is 4.03. The van der Waals surface area contributed by atoms with Crippen molar-refractivity contribution in [3.63, 3.8) is 0 Å². The first-order chi connectivity index (χ1) is 10.7. The Kier molecular flexibility index (Phi) is 3.48. The van der Waals surface area contributed by atoms with E-state index in [0.29, 0.717) is 0 Å². The Labute approximate surface area is 130 Å². The average molecular weight is 339 g/mol. The molecule has 3 nitrogen and oxygen atoms in total. The summed E-state index contributed by atoms with van der Waals surface area (Å²) in [6.45, 7) is 0. The minimum absolute atomic E-state index is 0.0438. The van der Waals surface area contributed by atoms with Crippen LogP contribution in [0.3, 0.4) is 0 Å². The average Bonchev–Trinajstić information content (AvgIpc) is 2.88. The van der Waals surface area contributed by atoms with Crippen molar-refractivity contribution in [1.82, 2.24) is 4.57 Å². The van der Waals surface area contributed by atoms with Gasteiger partial charge in [-0.05, 0) is 30.3 Å². The Hall–Kier alpha value is -2.28. The SMILES string of the molecule is Cn1ccc2c(C(F)(F)F)ccc(S(=O)(=O)c3ccccc3)c21. The molecule has 0 fully saturated rings. The number of aryl methyl sites for hydroxylation is 1. The molecular formula is C16H12F3NO2S. The standard InChI is InChI=1S/C16H12F3NO2S/c1-20-10-9-12-13(16(17,18)19)7-8-14(15(12)20)23(21,22)11-5-3-2-4-6-11/h2-10H,1H3. The van der Waals surface area contributed by atoms with Gasteiger partial charge in [0, 0.05) is 18.6 Å². The van der Waals surface area contributed by atoms with Crippen LogP contribution in [0.2, 0.25) is 0 Å². The van der Waals surface area contributed by atoms with Gasteiger partial charge in [-0.25, -0.2) is 8.42 Å². The second-order valence-electron chi connectivity index (χ2n) is 5.11. The maximum absolute atomic E-state index is 13.1. The minimum Gasteiger partial charge on any atom is -0.349 e. The molecule has 3 rings (SSSR count). The predicted molar refractivity (Wildman–Crippen MR) is 79.8 cm³/mol. The highest BCUT2D eigenvalue weighted by atomic mass is 32.2. The molecule has 0 unspecified atom stereocenters. The third kappa shape index (κ3) is 2.50. The second kappa shape index (κ2) is 5.13. The zero-order valence-electron chi connectivity index (χ0n) is 12.0. The van der Waals surface area contributed by atoms with Gasteiger partial charge in [-0.1, -0.05) is 18.2 Å². The summed E-state index contributed by atoms with van der Waals surface area (Å²) in [5, 5.41) is -0.128. The monoisotopic (exact) mass is 339 g/mol. The van der Waals surface area contributed by atoms with Gasteiger partial charge >= 0.3 is 6.18 Å². The number of alkyl halides is 3. The fourth-order valence-electron chi connectivity index (χ4n) is 2.57. The molecule has 0 atom stereocenters. The van der Waals surface area contributed by atoms with E-state index in [9.17, 15) is 21.6 Å². The molecule has 0 saturated carbocycles. The number of halogens is 3.